The molecule has 1 saturated carbocycles. The molecule has 0 amide bonds. The Kier molecular flexibility index (Phi) is 2.63. The molecule has 3 rings (SSSR count). The first-order valence-electron chi connectivity index (χ1n) is 6.17. The normalized spacial score (nSPS) is 17.0. The van der Waals surface area contributed by atoms with E-state index in [4.69, 9.17) is 0 Å². The first kappa shape index (κ1) is 10.4. The number of hydrogen-bond acceptors (Lipinski definition) is 4. The van der Waals surface area contributed by atoms with Crippen LogP contribution in [0.1, 0.15) is 26.2 Å². The third-order valence-electron chi connectivity index (χ3n) is 3.12. The van der Waals surface area contributed by atoms with Crippen molar-refractivity contribution in [3.8, 4) is 0 Å². The minimum absolute atomic E-state index is 0.422. The van der Waals surface area contributed by atoms with Crippen molar-refractivity contribution in [3.63, 3.8) is 0 Å². The number of para-hydroxylation sites is 1. The molecule has 88 valence electrons. The van der Waals surface area contributed by atoms with E-state index in [2.05, 4.69) is 27.4 Å². The van der Waals surface area contributed by atoms with E-state index in [1.165, 1.54) is 19.3 Å². The lowest BCUT2D eigenvalue weighted by Gasteiger charge is -2.12. The van der Waals surface area contributed by atoms with E-state index in [1.807, 2.05) is 24.3 Å². The monoisotopic (exact) mass is 228 g/mol. The van der Waals surface area contributed by atoms with Gasteiger partial charge in [0.05, 0.1) is 5.52 Å². The highest BCUT2D eigenvalue weighted by Gasteiger charge is 2.23. The van der Waals surface area contributed by atoms with Crippen LogP contribution in [0.25, 0.3) is 11.0 Å². The largest absolute Gasteiger partial charge is 0.350 e. The average Bonchev–Trinajstić information content (AvgIpc) is 3.12. The van der Waals surface area contributed by atoms with Crippen LogP contribution >= 0.6 is 0 Å². The first-order chi connectivity index (χ1) is 8.31. The molecule has 1 aliphatic carbocycles. The molecule has 0 radical (unpaired) electrons. The van der Waals surface area contributed by atoms with E-state index in [0.717, 1.165) is 17.0 Å². The number of benzene rings is 1. The second-order valence-electron chi connectivity index (χ2n) is 4.85. The maximum atomic E-state index is 4.46. The Morgan fingerprint density at radius 2 is 2.00 bits per heavy atom. The summed E-state index contributed by atoms with van der Waals surface area (Å²) in [5, 5.41) is 11.6. The van der Waals surface area contributed by atoms with Crippen molar-refractivity contribution in [2.24, 2.45) is 5.92 Å². The number of anilines is 1. The van der Waals surface area contributed by atoms with Gasteiger partial charge in [-0.25, -0.2) is 4.98 Å². The van der Waals surface area contributed by atoms with Crippen LogP contribution in [0.3, 0.4) is 0 Å². The highest BCUT2D eigenvalue weighted by molar-refractivity contribution is 5.74. The Bertz CT molecular complexity index is 522. The summed E-state index contributed by atoms with van der Waals surface area (Å²) in [5.74, 6) is 1.54. The molecule has 17 heavy (non-hydrogen) atoms. The molecule has 1 atom stereocenters. The second-order valence-corrected chi connectivity index (χ2v) is 4.85. The minimum atomic E-state index is 0.422. The summed E-state index contributed by atoms with van der Waals surface area (Å²) in [6.45, 7) is 2.18. The van der Waals surface area contributed by atoms with E-state index in [1.54, 1.807) is 0 Å². The van der Waals surface area contributed by atoms with Crippen molar-refractivity contribution in [1.82, 2.24) is 15.2 Å². The molecule has 1 heterocycles. The van der Waals surface area contributed by atoms with Gasteiger partial charge >= 0.3 is 0 Å². The second kappa shape index (κ2) is 4.28. The predicted molar refractivity (Wildman–Crippen MR) is 67.8 cm³/mol. The maximum absolute atomic E-state index is 4.46. The van der Waals surface area contributed by atoms with Crippen molar-refractivity contribution in [1.29, 1.82) is 0 Å². The Morgan fingerprint density at radius 3 is 2.76 bits per heavy atom. The average molecular weight is 228 g/mol. The maximum Gasteiger partial charge on any atom is 0.243 e. The minimum Gasteiger partial charge on any atom is -0.350 e. The lowest BCUT2D eigenvalue weighted by molar-refractivity contribution is 0.636. The Morgan fingerprint density at radius 1 is 1.24 bits per heavy atom. The quantitative estimate of drug-likeness (QED) is 0.874. The Labute approximate surface area is 100 Å². The molecule has 1 aromatic carbocycles. The first-order valence-corrected chi connectivity index (χ1v) is 6.17. The van der Waals surface area contributed by atoms with Crippen LogP contribution < -0.4 is 5.32 Å². The van der Waals surface area contributed by atoms with Crippen molar-refractivity contribution in [3.05, 3.63) is 24.3 Å². The molecule has 4 heteroatoms. The summed E-state index contributed by atoms with van der Waals surface area (Å²) in [6.07, 6.45) is 3.96. The lowest BCUT2D eigenvalue weighted by Crippen LogP contribution is -2.18. The van der Waals surface area contributed by atoms with Crippen molar-refractivity contribution in [2.45, 2.75) is 32.2 Å². The third-order valence-corrected chi connectivity index (χ3v) is 3.12. The molecule has 1 N–H and O–H groups in total. The van der Waals surface area contributed by atoms with Crippen molar-refractivity contribution < 1.29 is 0 Å². The molecule has 2 aromatic rings. The molecular weight excluding hydrogens is 212 g/mol. The van der Waals surface area contributed by atoms with Crippen LogP contribution in [0.15, 0.2) is 24.3 Å². The number of fused-ring (bicyclic) bond motifs is 1. The number of aromatic nitrogens is 3. The van der Waals surface area contributed by atoms with Crippen LogP contribution in [0, 0.1) is 5.92 Å². The van der Waals surface area contributed by atoms with E-state index in [9.17, 15) is 0 Å². The highest BCUT2D eigenvalue weighted by atomic mass is 15.2. The van der Waals surface area contributed by atoms with Crippen LogP contribution in [0.4, 0.5) is 5.95 Å². The zero-order valence-corrected chi connectivity index (χ0v) is 9.93. The zero-order chi connectivity index (χ0) is 11.7. The summed E-state index contributed by atoms with van der Waals surface area (Å²) in [6, 6.07) is 8.22. The van der Waals surface area contributed by atoms with Gasteiger partial charge in [-0.2, -0.15) is 0 Å². The van der Waals surface area contributed by atoms with Crippen LogP contribution in [0.2, 0.25) is 0 Å². The fourth-order valence-electron chi connectivity index (χ4n) is 2.07. The zero-order valence-electron chi connectivity index (χ0n) is 9.93. The van der Waals surface area contributed by atoms with Gasteiger partial charge in [-0.1, -0.05) is 25.0 Å². The van der Waals surface area contributed by atoms with Crippen LogP contribution in [-0.4, -0.2) is 21.2 Å². The fraction of sp³-hybridized carbons (Fsp3) is 0.462. The van der Waals surface area contributed by atoms with Gasteiger partial charge in [-0.3, -0.25) is 0 Å². The summed E-state index contributed by atoms with van der Waals surface area (Å²) in [7, 11) is 0. The number of nitrogens with one attached hydrogen (secondary N) is 1. The van der Waals surface area contributed by atoms with Gasteiger partial charge in [0.25, 0.3) is 0 Å². The molecule has 1 fully saturated rings. The van der Waals surface area contributed by atoms with Gasteiger partial charge in [-0.05, 0) is 31.4 Å². The molecule has 0 saturated heterocycles. The summed E-state index contributed by atoms with van der Waals surface area (Å²) in [4.78, 5) is 4.46. The molecule has 0 spiro atoms. The van der Waals surface area contributed by atoms with Crippen LogP contribution in [0.5, 0.6) is 0 Å². The van der Waals surface area contributed by atoms with E-state index in [-0.39, 0.29) is 0 Å². The molecule has 4 nitrogen and oxygen atoms in total. The Hall–Kier alpha value is -1.71. The standard InChI is InChI=1S/C13H16N4/c1-9(8-10-6-7-10)14-13-15-11-4-2-3-5-12(11)16-17-13/h2-5,9-10H,6-8H2,1H3,(H,14,15,17). The van der Waals surface area contributed by atoms with Crippen molar-refractivity contribution in [2.75, 3.05) is 5.32 Å². The third kappa shape index (κ3) is 2.52. The predicted octanol–water partition coefficient (Wildman–Crippen LogP) is 2.63. The summed E-state index contributed by atoms with van der Waals surface area (Å²) >= 11 is 0. The number of nitrogens with zero attached hydrogens (tertiary/aromatic N) is 3. The van der Waals surface area contributed by atoms with Gasteiger partial charge in [0.2, 0.25) is 5.95 Å². The Balaban J connectivity index is 1.75. The number of hydrogen-bond donors (Lipinski definition) is 1. The van der Waals surface area contributed by atoms with E-state index < -0.39 is 0 Å². The molecule has 1 aromatic heterocycles. The van der Waals surface area contributed by atoms with Crippen LogP contribution in [-0.2, 0) is 0 Å². The molecule has 1 unspecified atom stereocenters. The van der Waals surface area contributed by atoms with Gasteiger partial charge in [0.1, 0.15) is 5.52 Å². The molecule has 1 aliphatic rings. The van der Waals surface area contributed by atoms with Gasteiger partial charge in [0.15, 0.2) is 0 Å². The summed E-state index contributed by atoms with van der Waals surface area (Å²) < 4.78 is 0. The lowest BCUT2D eigenvalue weighted by atomic mass is 10.2. The van der Waals surface area contributed by atoms with Gasteiger partial charge in [0, 0.05) is 6.04 Å². The van der Waals surface area contributed by atoms with E-state index >= 15 is 0 Å². The SMILES string of the molecule is CC(CC1CC1)Nc1nnc2ccccc2n1. The van der Waals surface area contributed by atoms with Crippen molar-refractivity contribution >= 4 is 17.0 Å². The smallest absolute Gasteiger partial charge is 0.243 e. The van der Waals surface area contributed by atoms with Gasteiger partial charge < -0.3 is 5.32 Å². The topological polar surface area (TPSA) is 50.7 Å². The number of rotatable bonds is 4. The molecule has 0 bridgehead atoms. The fourth-order valence-corrected chi connectivity index (χ4v) is 2.07. The molecular formula is C13H16N4. The summed E-state index contributed by atoms with van der Waals surface area (Å²) in [5.41, 5.74) is 1.73. The highest BCUT2D eigenvalue weighted by Crippen LogP contribution is 2.33. The van der Waals surface area contributed by atoms with E-state index in [0.29, 0.717) is 12.0 Å². The molecule has 0 aliphatic heterocycles. The van der Waals surface area contributed by atoms with Gasteiger partial charge in [-0.15, -0.1) is 10.2 Å².